The van der Waals surface area contributed by atoms with Gasteiger partial charge in [0, 0.05) is 10.2 Å². The number of benzene rings is 2. The SMILES string of the molecule is CC(C)c1cccc(C(C)C)c1NC(=O)C(NC(=O)c1ccccc1Br)C(C)C. The summed E-state index contributed by atoms with van der Waals surface area (Å²) in [5.41, 5.74) is 3.58. The van der Waals surface area contributed by atoms with Crippen LogP contribution in [0.1, 0.15) is 74.9 Å². The van der Waals surface area contributed by atoms with Crippen LogP contribution in [0.5, 0.6) is 0 Å². The molecule has 2 aromatic carbocycles. The summed E-state index contributed by atoms with van der Waals surface area (Å²) in [5, 5.41) is 6.04. The quantitative estimate of drug-likeness (QED) is 0.527. The van der Waals surface area contributed by atoms with Crippen molar-refractivity contribution < 1.29 is 9.59 Å². The first-order valence-electron chi connectivity index (χ1n) is 10.1. The summed E-state index contributed by atoms with van der Waals surface area (Å²) in [6.07, 6.45) is 0. The highest BCUT2D eigenvalue weighted by Gasteiger charge is 2.27. The first-order chi connectivity index (χ1) is 13.6. The number of carbonyl (C=O) groups excluding carboxylic acids is 2. The van der Waals surface area contributed by atoms with Crippen LogP contribution in [0.2, 0.25) is 0 Å². The molecular formula is C24H31BrN2O2. The highest BCUT2D eigenvalue weighted by Crippen LogP contribution is 2.32. The minimum Gasteiger partial charge on any atom is -0.340 e. The Hall–Kier alpha value is -2.14. The fourth-order valence-corrected chi connectivity index (χ4v) is 3.76. The zero-order valence-electron chi connectivity index (χ0n) is 18.0. The van der Waals surface area contributed by atoms with Crippen molar-refractivity contribution in [2.75, 3.05) is 5.32 Å². The van der Waals surface area contributed by atoms with Gasteiger partial charge in [-0.15, -0.1) is 0 Å². The molecule has 1 unspecified atom stereocenters. The molecule has 0 radical (unpaired) electrons. The zero-order chi connectivity index (χ0) is 21.7. The second-order valence-electron chi connectivity index (χ2n) is 8.29. The Balaban J connectivity index is 2.32. The van der Waals surface area contributed by atoms with Gasteiger partial charge in [-0.05, 0) is 56.9 Å². The van der Waals surface area contributed by atoms with E-state index in [1.807, 2.05) is 32.0 Å². The number of nitrogens with one attached hydrogen (secondary N) is 2. The second kappa shape index (κ2) is 10.1. The summed E-state index contributed by atoms with van der Waals surface area (Å²) in [7, 11) is 0. The standard InChI is InChI=1S/C24H31BrN2O2/c1-14(2)17-11-9-12-18(15(3)4)22(17)27-24(29)21(16(5)6)26-23(28)19-10-7-8-13-20(19)25/h7-16,21H,1-6H3,(H,26,28)(H,27,29). The lowest BCUT2D eigenvalue weighted by atomic mass is 9.92. The summed E-state index contributed by atoms with van der Waals surface area (Å²) in [6, 6.07) is 12.7. The number of para-hydroxylation sites is 1. The largest absolute Gasteiger partial charge is 0.340 e. The summed E-state index contributed by atoms with van der Waals surface area (Å²) in [6.45, 7) is 12.3. The predicted molar refractivity (Wildman–Crippen MR) is 123 cm³/mol. The Bertz CT molecular complexity index is 849. The van der Waals surface area contributed by atoms with Gasteiger partial charge in [-0.1, -0.05) is 71.9 Å². The van der Waals surface area contributed by atoms with Gasteiger partial charge in [0.25, 0.3) is 5.91 Å². The third-order valence-corrected chi connectivity index (χ3v) is 5.67. The highest BCUT2D eigenvalue weighted by atomic mass is 79.9. The third kappa shape index (κ3) is 5.69. The van der Waals surface area contributed by atoms with Crippen LogP contribution < -0.4 is 10.6 Å². The summed E-state index contributed by atoms with van der Waals surface area (Å²) in [5.74, 6) is 0.0193. The molecule has 2 aromatic rings. The van der Waals surface area contributed by atoms with Crippen LogP contribution in [0.3, 0.4) is 0 Å². The highest BCUT2D eigenvalue weighted by molar-refractivity contribution is 9.10. The Morgan fingerprint density at radius 3 is 1.86 bits per heavy atom. The second-order valence-corrected chi connectivity index (χ2v) is 9.14. The van der Waals surface area contributed by atoms with Gasteiger partial charge >= 0.3 is 0 Å². The van der Waals surface area contributed by atoms with E-state index in [4.69, 9.17) is 0 Å². The molecule has 0 bridgehead atoms. The molecule has 0 saturated heterocycles. The molecule has 4 nitrogen and oxygen atoms in total. The Morgan fingerprint density at radius 2 is 1.38 bits per heavy atom. The topological polar surface area (TPSA) is 58.2 Å². The van der Waals surface area contributed by atoms with Gasteiger partial charge in [-0.3, -0.25) is 9.59 Å². The van der Waals surface area contributed by atoms with Gasteiger partial charge in [0.15, 0.2) is 0 Å². The van der Waals surface area contributed by atoms with Gasteiger partial charge in [0.1, 0.15) is 6.04 Å². The summed E-state index contributed by atoms with van der Waals surface area (Å²) < 4.78 is 0.702. The Kier molecular flexibility index (Phi) is 8.03. The fourth-order valence-electron chi connectivity index (χ4n) is 3.30. The Morgan fingerprint density at radius 1 is 0.828 bits per heavy atom. The smallest absolute Gasteiger partial charge is 0.253 e. The molecule has 0 heterocycles. The average molecular weight is 459 g/mol. The van der Waals surface area contributed by atoms with E-state index in [9.17, 15) is 9.59 Å². The number of amides is 2. The fraction of sp³-hybridized carbons (Fsp3) is 0.417. The van der Waals surface area contributed by atoms with Crippen LogP contribution in [-0.2, 0) is 4.79 Å². The monoisotopic (exact) mass is 458 g/mol. The molecule has 5 heteroatoms. The number of hydrogen-bond acceptors (Lipinski definition) is 2. The van der Waals surface area contributed by atoms with Crippen molar-refractivity contribution in [2.24, 2.45) is 5.92 Å². The minimum atomic E-state index is -0.644. The van der Waals surface area contributed by atoms with Crippen LogP contribution in [0, 0.1) is 5.92 Å². The summed E-state index contributed by atoms with van der Waals surface area (Å²) >= 11 is 3.40. The van der Waals surface area contributed by atoms with Crippen molar-refractivity contribution >= 4 is 33.4 Å². The van der Waals surface area contributed by atoms with Gasteiger partial charge in [0.05, 0.1) is 5.56 Å². The van der Waals surface area contributed by atoms with Crippen molar-refractivity contribution in [1.29, 1.82) is 0 Å². The first kappa shape index (κ1) is 23.1. The lowest BCUT2D eigenvalue weighted by Gasteiger charge is -2.25. The van der Waals surface area contributed by atoms with E-state index < -0.39 is 6.04 Å². The number of anilines is 1. The van der Waals surface area contributed by atoms with Crippen molar-refractivity contribution in [3.8, 4) is 0 Å². The molecule has 0 saturated carbocycles. The van der Waals surface area contributed by atoms with E-state index in [0.717, 1.165) is 16.8 Å². The lowest BCUT2D eigenvalue weighted by molar-refractivity contribution is -0.118. The molecule has 0 aliphatic rings. The molecule has 0 aliphatic carbocycles. The maximum atomic E-state index is 13.2. The van der Waals surface area contributed by atoms with Crippen LogP contribution in [0.4, 0.5) is 5.69 Å². The van der Waals surface area contributed by atoms with Crippen molar-refractivity contribution in [3.63, 3.8) is 0 Å². The summed E-state index contributed by atoms with van der Waals surface area (Å²) in [4.78, 5) is 26.0. The average Bonchev–Trinajstić information content (AvgIpc) is 2.65. The van der Waals surface area contributed by atoms with Crippen molar-refractivity contribution in [1.82, 2.24) is 5.32 Å². The van der Waals surface area contributed by atoms with E-state index in [1.54, 1.807) is 12.1 Å². The molecule has 1 atom stereocenters. The van der Waals surface area contributed by atoms with Gasteiger partial charge in [-0.2, -0.15) is 0 Å². The molecule has 0 aromatic heterocycles. The van der Waals surface area contributed by atoms with E-state index in [2.05, 4.69) is 66.4 Å². The van der Waals surface area contributed by atoms with Crippen LogP contribution in [-0.4, -0.2) is 17.9 Å². The number of hydrogen-bond donors (Lipinski definition) is 2. The molecular weight excluding hydrogens is 428 g/mol. The maximum absolute atomic E-state index is 13.2. The normalized spacial score (nSPS) is 12.3. The van der Waals surface area contributed by atoms with E-state index >= 15 is 0 Å². The maximum Gasteiger partial charge on any atom is 0.253 e. The third-order valence-electron chi connectivity index (χ3n) is 4.98. The van der Waals surface area contributed by atoms with Gasteiger partial charge < -0.3 is 10.6 Å². The van der Waals surface area contributed by atoms with Crippen LogP contribution in [0.15, 0.2) is 46.9 Å². The van der Waals surface area contributed by atoms with E-state index in [-0.39, 0.29) is 29.6 Å². The van der Waals surface area contributed by atoms with Crippen molar-refractivity contribution in [3.05, 3.63) is 63.6 Å². The molecule has 2 N–H and O–H groups in total. The van der Waals surface area contributed by atoms with Crippen molar-refractivity contribution in [2.45, 2.75) is 59.4 Å². The van der Waals surface area contributed by atoms with E-state index in [1.165, 1.54) is 0 Å². The number of rotatable bonds is 7. The lowest BCUT2D eigenvalue weighted by Crippen LogP contribution is -2.47. The minimum absolute atomic E-state index is 0.0600. The van der Waals surface area contributed by atoms with E-state index in [0.29, 0.717) is 10.0 Å². The zero-order valence-corrected chi connectivity index (χ0v) is 19.6. The molecule has 0 fully saturated rings. The van der Waals surface area contributed by atoms with Gasteiger partial charge in [-0.25, -0.2) is 0 Å². The van der Waals surface area contributed by atoms with Crippen LogP contribution >= 0.6 is 15.9 Å². The number of carbonyl (C=O) groups is 2. The Labute approximate surface area is 182 Å². The first-order valence-corrected chi connectivity index (χ1v) is 10.9. The molecule has 2 rings (SSSR count). The predicted octanol–water partition coefficient (Wildman–Crippen LogP) is 6.09. The number of halogens is 1. The van der Waals surface area contributed by atoms with Crippen LogP contribution in [0.25, 0.3) is 0 Å². The molecule has 0 spiro atoms. The molecule has 2 amide bonds. The molecule has 0 aliphatic heterocycles. The van der Waals surface area contributed by atoms with Gasteiger partial charge in [0.2, 0.25) is 5.91 Å². The molecule has 29 heavy (non-hydrogen) atoms. The molecule has 156 valence electrons.